The Hall–Kier alpha value is -1.79. The Bertz CT molecular complexity index is 366. The predicted molar refractivity (Wildman–Crippen MR) is 73.3 cm³/mol. The number of ether oxygens (including phenoxy) is 1. The second-order valence-corrected chi connectivity index (χ2v) is 5.62. The van der Waals surface area contributed by atoms with Crippen molar-refractivity contribution in [2.45, 2.75) is 52.1 Å². The molecule has 0 saturated heterocycles. The smallest absolute Gasteiger partial charge is 0.328 e. The molecule has 0 heterocycles. The molecule has 0 aliphatic heterocycles. The fourth-order valence-electron chi connectivity index (χ4n) is 1.59. The van der Waals surface area contributed by atoms with Gasteiger partial charge in [0.1, 0.15) is 6.04 Å². The van der Waals surface area contributed by atoms with Crippen molar-refractivity contribution in [1.82, 2.24) is 10.6 Å². The molecule has 0 saturated carbocycles. The molecule has 0 aliphatic carbocycles. The first kappa shape index (κ1) is 18.2. The van der Waals surface area contributed by atoms with Crippen LogP contribution in [0.25, 0.3) is 0 Å². The summed E-state index contributed by atoms with van der Waals surface area (Å²) < 4.78 is 4.62. The van der Waals surface area contributed by atoms with E-state index < -0.39 is 29.6 Å². The van der Waals surface area contributed by atoms with Gasteiger partial charge in [-0.05, 0) is 26.2 Å². The van der Waals surface area contributed by atoms with Crippen molar-refractivity contribution in [3.8, 4) is 0 Å². The highest BCUT2D eigenvalue weighted by atomic mass is 16.5. The van der Waals surface area contributed by atoms with Crippen molar-refractivity contribution >= 4 is 18.0 Å². The summed E-state index contributed by atoms with van der Waals surface area (Å²) in [6.07, 6.45) is 0.248. The number of nitrogens with one attached hydrogen (secondary N) is 2. The average molecular weight is 288 g/mol. The second kappa shape index (κ2) is 7.72. The van der Waals surface area contributed by atoms with Crippen LogP contribution in [0.3, 0.4) is 0 Å². The Morgan fingerprint density at radius 3 is 2.20 bits per heavy atom. The first-order valence-corrected chi connectivity index (χ1v) is 6.47. The van der Waals surface area contributed by atoms with Gasteiger partial charge in [-0.25, -0.2) is 9.59 Å². The van der Waals surface area contributed by atoms with Gasteiger partial charge in [-0.3, -0.25) is 4.79 Å². The summed E-state index contributed by atoms with van der Waals surface area (Å²) in [6, 6.07) is -1.26. The van der Waals surface area contributed by atoms with E-state index in [1.807, 2.05) is 0 Å². The lowest BCUT2D eigenvalue weighted by molar-refractivity contribution is -0.144. The lowest BCUT2D eigenvalue weighted by Gasteiger charge is -2.28. The van der Waals surface area contributed by atoms with Crippen molar-refractivity contribution in [1.29, 1.82) is 0 Å². The second-order valence-electron chi connectivity index (χ2n) is 5.62. The molecule has 0 aromatic heterocycles. The van der Waals surface area contributed by atoms with Crippen LogP contribution in [0.2, 0.25) is 0 Å². The van der Waals surface area contributed by atoms with Crippen LogP contribution < -0.4 is 10.6 Å². The molecule has 0 aliphatic rings. The number of hydrogen-bond donors (Lipinski definition) is 3. The van der Waals surface area contributed by atoms with Crippen molar-refractivity contribution in [3.63, 3.8) is 0 Å². The summed E-state index contributed by atoms with van der Waals surface area (Å²) in [7, 11) is 1.26. The van der Waals surface area contributed by atoms with E-state index in [2.05, 4.69) is 15.4 Å². The van der Waals surface area contributed by atoms with Crippen LogP contribution in [0.5, 0.6) is 0 Å². The SMILES string of the molecule is COC(=O)C(NC(=O)NC(C)(C)CCC(=O)O)C(C)C. The number of carboxylic acid groups (broad SMARTS) is 1. The number of amides is 2. The third-order valence-corrected chi connectivity index (χ3v) is 2.82. The van der Waals surface area contributed by atoms with Crippen molar-refractivity contribution < 1.29 is 24.2 Å². The Balaban J connectivity index is 4.52. The van der Waals surface area contributed by atoms with Crippen LogP contribution in [-0.4, -0.2) is 41.8 Å². The maximum absolute atomic E-state index is 11.9. The first-order valence-electron chi connectivity index (χ1n) is 6.47. The van der Waals surface area contributed by atoms with E-state index in [1.54, 1.807) is 27.7 Å². The standard InChI is InChI=1S/C13H24N2O5/c1-8(2)10(11(18)20-5)14-12(19)15-13(3,4)7-6-9(16)17/h8,10H,6-7H2,1-5H3,(H,16,17)(H2,14,15,19). The van der Waals surface area contributed by atoms with Crippen LogP contribution in [0, 0.1) is 5.92 Å². The van der Waals surface area contributed by atoms with E-state index in [0.29, 0.717) is 6.42 Å². The quantitative estimate of drug-likeness (QED) is 0.609. The summed E-state index contributed by atoms with van der Waals surface area (Å²) in [5, 5.41) is 13.8. The topological polar surface area (TPSA) is 105 Å². The lowest BCUT2D eigenvalue weighted by Crippen LogP contribution is -2.54. The molecule has 7 nitrogen and oxygen atoms in total. The average Bonchev–Trinajstić information content (AvgIpc) is 2.31. The molecule has 0 spiro atoms. The number of methoxy groups -OCH3 is 1. The van der Waals surface area contributed by atoms with Gasteiger partial charge >= 0.3 is 18.0 Å². The van der Waals surface area contributed by atoms with Gasteiger partial charge in [0.25, 0.3) is 0 Å². The highest BCUT2D eigenvalue weighted by Gasteiger charge is 2.27. The summed E-state index contributed by atoms with van der Waals surface area (Å²) in [5.74, 6) is -1.55. The number of carbonyl (C=O) groups excluding carboxylic acids is 2. The molecule has 0 aromatic rings. The maximum atomic E-state index is 11.9. The molecule has 0 fully saturated rings. The largest absolute Gasteiger partial charge is 0.481 e. The number of aliphatic carboxylic acids is 1. The van der Waals surface area contributed by atoms with E-state index in [1.165, 1.54) is 7.11 Å². The van der Waals surface area contributed by atoms with E-state index in [-0.39, 0.29) is 12.3 Å². The summed E-state index contributed by atoms with van der Waals surface area (Å²) >= 11 is 0. The Labute approximate surface area is 119 Å². The van der Waals surface area contributed by atoms with E-state index in [4.69, 9.17) is 5.11 Å². The molecular weight excluding hydrogens is 264 g/mol. The lowest BCUT2D eigenvalue weighted by atomic mass is 9.98. The van der Waals surface area contributed by atoms with Crippen molar-refractivity contribution in [3.05, 3.63) is 0 Å². The zero-order valence-electron chi connectivity index (χ0n) is 12.6. The number of carboxylic acids is 1. The predicted octanol–water partition coefficient (Wildman–Crippen LogP) is 1.13. The van der Waals surface area contributed by atoms with Crippen LogP contribution in [0.15, 0.2) is 0 Å². The molecule has 3 N–H and O–H groups in total. The number of rotatable bonds is 7. The zero-order chi connectivity index (χ0) is 15.9. The van der Waals surface area contributed by atoms with E-state index in [0.717, 1.165) is 0 Å². The molecule has 2 amide bonds. The minimum atomic E-state index is -0.921. The monoisotopic (exact) mass is 288 g/mol. The molecule has 116 valence electrons. The van der Waals surface area contributed by atoms with Gasteiger partial charge in [0.2, 0.25) is 0 Å². The third-order valence-electron chi connectivity index (χ3n) is 2.82. The summed E-state index contributed by atoms with van der Waals surface area (Å²) in [5.41, 5.74) is -0.680. The first-order chi connectivity index (χ1) is 9.09. The molecule has 1 unspecified atom stereocenters. The molecule has 7 heteroatoms. The van der Waals surface area contributed by atoms with Gasteiger partial charge in [0.15, 0.2) is 0 Å². The molecule has 0 rings (SSSR count). The Kier molecular flexibility index (Phi) is 7.02. The zero-order valence-corrected chi connectivity index (χ0v) is 12.6. The van der Waals surface area contributed by atoms with Crippen molar-refractivity contribution in [2.75, 3.05) is 7.11 Å². The van der Waals surface area contributed by atoms with Gasteiger partial charge in [-0.15, -0.1) is 0 Å². The fourth-order valence-corrected chi connectivity index (χ4v) is 1.59. The number of esters is 1. The van der Waals surface area contributed by atoms with Crippen LogP contribution in [0.4, 0.5) is 4.79 Å². The normalized spacial score (nSPS) is 12.7. The highest BCUT2D eigenvalue weighted by molar-refractivity contribution is 5.84. The van der Waals surface area contributed by atoms with Crippen LogP contribution in [0.1, 0.15) is 40.5 Å². The molecule has 0 bridgehead atoms. The molecule has 0 aromatic carbocycles. The van der Waals surface area contributed by atoms with E-state index in [9.17, 15) is 14.4 Å². The molecule has 0 radical (unpaired) electrons. The summed E-state index contributed by atoms with van der Waals surface area (Å²) in [4.78, 5) is 33.9. The van der Waals surface area contributed by atoms with E-state index >= 15 is 0 Å². The number of urea groups is 1. The van der Waals surface area contributed by atoms with Crippen LogP contribution >= 0.6 is 0 Å². The molecule has 20 heavy (non-hydrogen) atoms. The third kappa shape index (κ3) is 6.96. The van der Waals surface area contributed by atoms with Gasteiger partial charge < -0.3 is 20.5 Å². The van der Waals surface area contributed by atoms with Gasteiger partial charge in [0, 0.05) is 12.0 Å². The number of hydrogen-bond acceptors (Lipinski definition) is 4. The fraction of sp³-hybridized carbons (Fsp3) is 0.769. The minimum absolute atomic E-state index is 0.0438. The van der Waals surface area contributed by atoms with Crippen LogP contribution in [-0.2, 0) is 14.3 Å². The van der Waals surface area contributed by atoms with Gasteiger partial charge in [0.05, 0.1) is 7.11 Å². The van der Waals surface area contributed by atoms with Gasteiger partial charge in [-0.2, -0.15) is 0 Å². The summed E-state index contributed by atoms with van der Waals surface area (Å²) in [6.45, 7) is 7.02. The van der Waals surface area contributed by atoms with Crippen molar-refractivity contribution in [2.24, 2.45) is 5.92 Å². The highest BCUT2D eigenvalue weighted by Crippen LogP contribution is 2.11. The Morgan fingerprint density at radius 1 is 1.25 bits per heavy atom. The molecule has 1 atom stereocenters. The number of carbonyl (C=O) groups is 3. The van der Waals surface area contributed by atoms with Gasteiger partial charge in [-0.1, -0.05) is 13.8 Å². The Morgan fingerprint density at radius 2 is 1.80 bits per heavy atom. The maximum Gasteiger partial charge on any atom is 0.328 e. The minimum Gasteiger partial charge on any atom is -0.481 e. The molecular formula is C13H24N2O5.